The predicted molar refractivity (Wildman–Crippen MR) is 48.8 cm³/mol. The van der Waals surface area contributed by atoms with E-state index >= 15 is 0 Å². The Kier molecular flexibility index (Phi) is 6.62. The van der Waals surface area contributed by atoms with E-state index < -0.39 is 13.3 Å². The van der Waals surface area contributed by atoms with Crippen LogP contribution in [0.1, 0.15) is 12.8 Å². The molecule has 0 fully saturated rings. The second-order valence-electron chi connectivity index (χ2n) is 2.42. The maximum Gasteiger partial charge on any atom is 0.112 e. The van der Waals surface area contributed by atoms with Crippen molar-refractivity contribution in [2.75, 3.05) is 13.3 Å². The van der Waals surface area contributed by atoms with Crippen molar-refractivity contribution < 1.29 is 13.9 Å². The number of terminal acetylenes is 1. The number of hydrogen-bond acceptors (Lipinski definition) is 1. The van der Waals surface area contributed by atoms with Gasteiger partial charge in [-0.1, -0.05) is 0 Å². The first-order chi connectivity index (χ1) is 6.24. The molecule has 0 aliphatic rings. The monoisotopic (exact) mass is 186 g/mol. The number of allylic oxidation sites excluding steroid dienone is 3. The van der Waals surface area contributed by atoms with Crippen molar-refractivity contribution >= 4 is 0 Å². The minimum absolute atomic E-state index is 0.123. The van der Waals surface area contributed by atoms with Gasteiger partial charge in [0.1, 0.15) is 12.4 Å². The van der Waals surface area contributed by atoms with Gasteiger partial charge in [-0.2, -0.15) is 0 Å². The van der Waals surface area contributed by atoms with Crippen molar-refractivity contribution in [3.63, 3.8) is 0 Å². The molecule has 0 atom stereocenters. The number of rotatable bonds is 5. The van der Waals surface area contributed by atoms with E-state index in [0.29, 0.717) is 5.57 Å². The lowest BCUT2D eigenvalue weighted by atomic mass is 10.2. The van der Waals surface area contributed by atoms with Crippen molar-refractivity contribution in [1.29, 1.82) is 0 Å². The van der Waals surface area contributed by atoms with Crippen molar-refractivity contribution in [3.05, 3.63) is 23.5 Å². The minimum Gasteiger partial charge on any atom is -0.508 e. The number of alkyl halides is 2. The Morgan fingerprint density at radius 1 is 1.46 bits per heavy atom. The van der Waals surface area contributed by atoms with E-state index in [1.165, 1.54) is 12.2 Å². The van der Waals surface area contributed by atoms with Crippen LogP contribution in [0, 0.1) is 12.3 Å². The highest BCUT2D eigenvalue weighted by molar-refractivity contribution is 5.21. The van der Waals surface area contributed by atoms with Gasteiger partial charge in [0.05, 0.1) is 6.67 Å². The van der Waals surface area contributed by atoms with Crippen molar-refractivity contribution in [2.45, 2.75) is 12.8 Å². The summed E-state index contributed by atoms with van der Waals surface area (Å²) in [5.41, 5.74) is 0.315. The summed E-state index contributed by atoms with van der Waals surface area (Å²) in [6.45, 7) is -1.24. The topological polar surface area (TPSA) is 20.2 Å². The maximum atomic E-state index is 12.2. The third-order valence-corrected chi connectivity index (χ3v) is 1.32. The Hall–Kier alpha value is -1.30. The Labute approximate surface area is 76.8 Å². The number of aliphatic hydroxyl groups is 1. The fraction of sp³-hybridized carbons (Fsp3) is 0.400. The van der Waals surface area contributed by atoms with Gasteiger partial charge in [0.2, 0.25) is 0 Å². The Morgan fingerprint density at radius 2 is 2.15 bits per heavy atom. The molecule has 0 heterocycles. The molecule has 72 valence electrons. The second-order valence-corrected chi connectivity index (χ2v) is 2.42. The summed E-state index contributed by atoms with van der Waals surface area (Å²) in [5.74, 6) is 2.12. The standard InChI is InChI=1S/C10H12F2O/c1-2-4-9(8-12)7-10(13)5-3-6-11/h1,5,7,13H,3-4,6,8H2/b9-7-,10-5-. The highest BCUT2D eigenvalue weighted by Crippen LogP contribution is 2.05. The average Bonchev–Trinajstić information content (AvgIpc) is 2.14. The van der Waals surface area contributed by atoms with E-state index in [9.17, 15) is 8.78 Å². The third-order valence-electron chi connectivity index (χ3n) is 1.32. The molecule has 1 nitrogen and oxygen atoms in total. The van der Waals surface area contributed by atoms with Gasteiger partial charge in [-0.3, -0.25) is 4.39 Å². The number of halogens is 2. The average molecular weight is 186 g/mol. The smallest absolute Gasteiger partial charge is 0.112 e. The van der Waals surface area contributed by atoms with E-state index in [-0.39, 0.29) is 18.6 Å². The largest absolute Gasteiger partial charge is 0.508 e. The lowest BCUT2D eigenvalue weighted by molar-refractivity contribution is 0.421. The molecule has 0 bridgehead atoms. The molecule has 0 unspecified atom stereocenters. The van der Waals surface area contributed by atoms with Gasteiger partial charge in [-0.25, -0.2) is 4.39 Å². The summed E-state index contributed by atoms with van der Waals surface area (Å²) in [6.07, 6.45) is 7.76. The summed E-state index contributed by atoms with van der Waals surface area (Å²) < 4.78 is 23.8. The highest BCUT2D eigenvalue weighted by atomic mass is 19.1. The van der Waals surface area contributed by atoms with Gasteiger partial charge in [0.15, 0.2) is 0 Å². The lowest BCUT2D eigenvalue weighted by Gasteiger charge is -1.96. The first kappa shape index (κ1) is 11.7. The van der Waals surface area contributed by atoms with Gasteiger partial charge in [0, 0.05) is 6.42 Å². The Balaban J connectivity index is 4.24. The molecule has 0 amide bonds. The van der Waals surface area contributed by atoms with Crippen LogP contribution < -0.4 is 0 Å². The molecule has 0 radical (unpaired) electrons. The molecule has 0 saturated heterocycles. The van der Waals surface area contributed by atoms with Crippen LogP contribution in [0.2, 0.25) is 0 Å². The summed E-state index contributed by atoms with van der Waals surface area (Å²) >= 11 is 0. The molecule has 1 N–H and O–H groups in total. The normalized spacial score (nSPS) is 12.7. The van der Waals surface area contributed by atoms with Gasteiger partial charge in [-0.05, 0) is 24.1 Å². The lowest BCUT2D eigenvalue weighted by Crippen LogP contribution is -1.87. The Bertz CT molecular complexity index is 236. The van der Waals surface area contributed by atoms with E-state index in [2.05, 4.69) is 5.92 Å². The van der Waals surface area contributed by atoms with E-state index in [1.54, 1.807) is 0 Å². The summed E-state index contributed by atoms with van der Waals surface area (Å²) in [7, 11) is 0. The van der Waals surface area contributed by atoms with Crippen LogP contribution in [0.25, 0.3) is 0 Å². The van der Waals surface area contributed by atoms with Crippen LogP contribution in [-0.4, -0.2) is 18.5 Å². The highest BCUT2D eigenvalue weighted by Gasteiger charge is 1.95. The van der Waals surface area contributed by atoms with E-state index in [1.807, 2.05) is 0 Å². The molecule has 13 heavy (non-hydrogen) atoms. The molecule has 0 aromatic rings. The second kappa shape index (κ2) is 7.35. The van der Waals surface area contributed by atoms with Gasteiger partial charge >= 0.3 is 0 Å². The number of hydrogen-bond donors (Lipinski definition) is 1. The van der Waals surface area contributed by atoms with Gasteiger partial charge in [0.25, 0.3) is 0 Å². The molecular formula is C10H12F2O. The first-order valence-corrected chi connectivity index (χ1v) is 3.88. The van der Waals surface area contributed by atoms with Gasteiger partial charge in [-0.15, -0.1) is 12.3 Å². The quantitative estimate of drug-likeness (QED) is 0.397. The summed E-state index contributed by atoms with van der Waals surface area (Å²) in [4.78, 5) is 0. The molecule has 3 heteroatoms. The summed E-state index contributed by atoms with van der Waals surface area (Å²) in [6, 6.07) is 0. The van der Waals surface area contributed by atoms with E-state index in [0.717, 1.165) is 0 Å². The maximum absolute atomic E-state index is 12.2. The van der Waals surface area contributed by atoms with Crippen LogP contribution >= 0.6 is 0 Å². The van der Waals surface area contributed by atoms with Crippen molar-refractivity contribution in [1.82, 2.24) is 0 Å². The summed E-state index contributed by atoms with van der Waals surface area (Å²) in [5, 5.41) is 9.09. The van der Waals surface area contributed by atoms with E-state index in [4.69, 9.17) is 11.5 Å². The van der Waals surface area contributed by atoms with Crippen LogP contribution in [0.4, 0.5) is 8.78 Å². The zero-order valence-corrected chi connectivity index (χ0v) is 7.26. The molecule has 0 spiro atoms. The Morgan fingerprint density at radius 3 is 2.62 bits per heavy atom. The van der Waals surface area contributed by atoms with Crippen LogP contribution in [0.3, 0.4) is 0 Å². The van der Waals surface area contributed by atoms with Gasteiger partial charge < -0.3 is 5.11 Å². The zero-order chi connectivity index (χ0) is 10.1. The molecule has 0 rings (SSSR count). The predicted octanol–water partition coefficient (Wildman–Crippen LogP) is 2.71. The van der Waals surface area contributed by atoms with Crippen LogP contribution in [0.5, 0.6) is 0 Å². The van der Waals surface area contributed by atoms with Crippen LogP contribution in [-0.2, 0) is 0 Å². The number of aliphatic hydroxyl groups excluding tert-OH is 1. The fourth-order valence-corrected chi connectivity index (χ4v) is 0.738. The SMILES string of the molecule is C#CC/C(=C/C(O)=C/CCF)CF. The molecular weight excluding hydrogens is 174 g/mol. The molecule has 0 aromatic heterocycles. The molecule has 0 aliphatic heterocycles. The molecule has 0 saturated carbocycles. The molecule has 0 aromatic carbocycles. The van der Waals surface area contributed by atoms with Crippen LogP contribution in [0.15, 0.2) is 23.5 Å². The minimum atomic E-state index is -0.697. The van der Waals surface area contributed by atoms with Crippen molar-refractivity contribution in [2.24, 2.45) is 0 Å². The molecule has 0 aliphatic carbocycles. The fourth-order valence-electron chi connectivity index (χ4n) is 0.738. The van der Waals surface area contributed by atoms with Crippen molar-refractivity contribution in [3.8, 4) is 12.3 Å². The third kappa shape index (κ3) is 5.92. The first-order valence-electron chi connectivity index (χ1n) is 3.88. The zero-order valence-electron chi connectivity index (χ0n) is 7.26.